The molecular formula is C20H22FN3O2. The Morgan fingerprint density at radius 2 is 2.00 bits per heavy atom. The van der Waals surface area contributed by atoms with Crippen LogP contribution in [0.2, 0.25) is 0 Å². The van der Waals surface area contributed by atoms with E-state index in [0.717, 1.165) is 31.5 Å². The van der Waals surface area contributed by atoms with Crippen LogP contribution in [-0.2, 0) is 0 Å². The monoisotopic (exact) mass is 355 g/mol. The van der Waals surface area contributed by atoms with Crippen molar-refractivity contribution >= 4 is 17.8 Å². The van der Waals surface area contributed by atoms with Crippen LogP contribution in [0.25, 0.3) is 0 Å². The Bertz CT molecular complexity index is 830. The topological polar surface area (TPSA) is 53.9 Å². The first-order chi connectivity index (χ1) is 12.6. The highest BCUT2D eigenvalue weighted by Gasteiger charge is 2.17. The molecule has 0 radical (unpaired) electrons. The number of carbonyl (C=O) groups excluding carboxylic acids is 1. The van der Waals surface area contributed by atoms with Gasteiger partial charge in [0, 0.05) is 18.7 Å². The number of hydrazone groups is 1. The van der Waals surface area contributed by atoms with Crippen molar-refractivity contribution in [3.05, 3.63) is 58.9 Å². The van der Waals surface area contributed by atoms with Gasteiger partial charge in [0.1, 0.15) is 11.6 Å². The number of carbonyl (C=O) groups is 1. The van der Waals surface area contributed by atoms with Crippen molar-refractivity contribution < 1.29 is 13.9 Å². The van der Waals surface area contributed by atoms with Crippen molar-refractivity contribution in [1.29, 1.82) is 0 Å². The predicted octanol–water partition coefficient (Wildman–Crippen LogP) is 3.51. The number of ether oxygens (including phenoxy) is 1. The number of anilines is 1. The highest BCUT2D eigenvalue weighted by Crippen LogP contribution is 2.26. The lowest BCUT2D eigenvalue weighted by Gasteiger charge is -2.19. The van der Waals surface area contributed by atoms with Crippen LogP contribution in [0.4, 0.5) is 10.1 Å². The van der Waals surface area contributed by atoms with Crippen LogP contribution >= 0.6 is 0 Å². The fraction of sp³-hybridized carbons (Fsp3) is 0.300. The Kier molecular flexibility index (Phi) is 5.51. The summed E-state index contributed by atoms with van der Waals surface area (Å²) in [4.78, 5) is 14.3. The smallest absolute Gasteiger partial charge is 0.275 e. The largest absolute Gasteiger partial charge is 0.496 e. The highest BCUT2D eigenvalue weighted by molar-refractivity contribution is 5.97. The lowest BCUT2D eigenvalue weighted by Crippen LogP contribution is -2.20. The average Bonchev–Trinajstić information content (AvgIpc) is 3.18. The lowest BCUT2D eigenvalue weighted by molar-refractivity contribution is 0.0952. The number of rotatable bonds is 5. The number of amides is 1. The van der Waals surface area contributed by atoms with E-state index in [2.05, 4.69) is 15.4 Å². The number of nitrogens with zero attached hydrogens (tertiary/aromatic N) is 2. The number of para-hydroxylation sites is 1. The van der Waals surface area contributed by atoms with Crippen molar-refractivity contribution in [2.45, 2.75) is 19.8 Å². The maximum Gasteiger partial charge on any atom is 0.275 e. The minimum absolute atomic E-state index is 0.269. The quantitative estimate of drug-likeness (QED) is 0.660. The van der Waals surface area contributed by atoms with Crippen LogP contribution in [0, 0.1) is 12.7 Å². The first-order valence-electron chi connectivity index (χ1n) is 8.61. The highest BCUT2D eigenvalue weighted by atomic mass is 19.1. The van der Waals surface area contributed by atoms with Gasteiger partial charge in [0.25, 0.3) is 5.91 Å². The minimum Gasteiger partial charge on any atom is -0.496 e. The SMILES string of the molecule is COc1ccccc1C(=O)N/N=C\c1cc(F)c(N2CCCC2)cc1C. The molecule has 1 fully saturated rings. The molecule has 1 amide bonds. The molecule has 6 heteroatoms. The molecule has 1 aliphatic rings. The lowest BCUT2D eigenvalue weighted by atomic mass is 10.1. The summed E-state index contributed by atoms with van der Waals surface area (Å²) in [5, 5.41) is 3.96. The van der Waals surface area contributed by atoms with Crippen molar-refractivity contribution in [3.63, 3.8) is 0 Å². The molecule has 0 bridgehead atoms. The fourth-order valence-corrected chi connectivity index (χ4v) is 3.07. The molecule has 2 aromatic rings. The molecule has 0 aromatic heterocycles. The molecule has 1 heterocycles. The molecule has 26 heavy (non-hydrogen) atoms. The third kappa shape index (κ3) is 3.85. The van der Waals surface area contributed by atoms with Crippen molar-refractivity contribution in [3.8, 4) is 5.75 Å². The van der Waals surface area contributed by atoms with Crippen LogP contribution < -0.4 is 15.1 Å². The average molecular weight is 355 g/mol. The number of halogens is 1. The van der Waals surface area contributed by atoms with E-state index < -0.39 is 0 Å². The van der Waals surface area contributed by atoms with Gasteiger partial charge in [0.15, 0.2) is 0 Å². The van der Waals surface area contributed by atoms with Gasteiger partial charge in [0.2, 0.25) is 0 Å². The molecule has 0 atom stereocenters. The first-order valence-corrected chi connectivity index (χ1v) is 8.61. The Hall–Kier alpha value is -2.89. The predicted molar refractivity (Wildman–Crippen MR) is 101 cm³/mol. The van der Waals surface area contributed by atoms with Gasteiger partial charge in [-0.15, -0.1) is 0 Å². The molecule has 1 saturated heterocycles. The van der Waals surface area contributed by atoms with Gasteiger partial charge in [-0.1, -0.05) is 12.1 Å². The van der Waals surface area contributed by atoms with Crippen molar-refractivity contribution in [2.75, 3.05) is 25.1 Å². The zero-order valence-corrected chi connectivity index (χ0v) is 15.0. The van der Waals surface area contributed by atoms with E-state index in [1.54, 1.807) is 24.3 Å². The molecule has 0 unspecified atom stereocenters. The second-order valence-electron chi connectivity index (χ2n) is 6.25. The van der Waals surface area contributed by atoms with E-state index in [-0.39, 0.29) is 11.7 Å². The van der Waals surface area contributed by atoms with E-state index in [9.17, 15) is 9.18 Å². The van der Waals surface area contributed by atoms with Gasteiger partial charge >= 0.3 is 0 Å². The summed E-state index contributed by atoms with van der Waals surface area (Å²) < 4.78 is 19.6. The standard InChI is InChI=1S/C20H22FN3O2/c1-14-11-18(24-9-5-6-10-24)17(21)12-15(14)13-22-23-20(25)16-7-3-4-8-19(16)26-2/h3-4,7-8,11-13H,5-6,9-10H2,1-2H3,(H,23,25)/b22-13-. The third-order valence-electron chi connectivity index (χ3n) is 4.50. The molecule has 1 aliphatic heterocycles. The molecular weight excluding hydrogens is 333 g/mol. The molecule has 3 rings (SSSR count). The van der Waals surface area contributed by atoms with Gasteiger partial charge in [0.05, 0.1) is 24.6 Å². The molecule has 2 aromatic carbocycles. The maximum atomic E-state index is 14.4. The molecule has 136 valence electrons. The van der Waals surface area contributed by atoms with Crippen LogP contribution in [0.15, 0.2) is 41.5 Å². The number of nitrogens with one attached hydrogen (secondary N) is 1. The minimum atomic E-state index is -0.384. The zero-order valence-electron chi connectivity index (χ0n) is 15.0. The summed E-state index contributed by atoms with van der Waals surface area (Å²) in [6, 6.07) is 10.2. The molecule has 5 nitrogen and oxygen atoms in total. The fourth-order valence-electron chi connectivity index (χ4n) is 3.07. The van der Waals surface area contributed by atoms with Gasteiger partial charge in [-0.05, 0) is 49.6 Å². The van der Waals surface area contributed by atoms with Crippen LogP contribution in [0.1, 0.15) is 34.3 Å². The summed E-state index contributed by atoms with van der Waals surface area (Å²) in [6.07, 6.45) is 3.65. The first kappa shape index (κ1) is 17.9. The molecule has 0 spiro atoms. The van der Waals surface area contributed by atoms with Crippen LogP contribution in [0.3, 0.4) is 0 Å². The summed E-state index contributed by atoms with van der Waals surface area (Å²) in [7, 11) is 1.50. The Balaban J connectivity index is 1.72. The second kappa shape index (κ2) is 7.99. The molecule has 1 N–H and O–H groups in total. The molecule has 0 saturated carbocycles. The van der Waals surface area contributed by atoms with E-state index in [1.165, 1.54) is 19.4 Å². The van der Waals surface area contributed by atoms with Crippen LogP contribution in [-0.4, -0.2) is 32.3 Å². The number of benzene rings is 2. The third-order valence-corrected chi connectivity index (χ3v) is 4.50. The summed E-state index contributed by atoms with van der Waals surface area (Å²) in [5.74, 6) is -0.182. The summed E-state index contributed by atoms with van der Waals surface area (Å²) in [6.45, 7) is 3.68. The van der Waals surface area contributed by atoms with Gasteiger partial charge in [-0.3, -0.25) is 4.79 Å². The number of hydrogen-bond acceptors (Lipinski definition) is 4. The molecule has 0 aliphatic carbocycles. The number of methoxy groups -OCH3 is 1. The van der Waals surface area contributed by atoms with Crippen LogP contribution in [0.5, 0.6) is 5.75 Å². The normalized spacial score (nSPS) is 14.0. The number of hydrogen-bond donors (Lipinski definition) is 1. The number of aryl methyl sites for hydroxylation is 1. The van der Waals surface area contributed by atoms with Gasteiger partial charge in [-0.2, -0.15) is 5.10 Å². The van der Waals surface area contributed by atoms with Gasteiger partial charge in [-0.25, -0.2) is 9.82 Å². The van der Waals surface area contributed by atoms with E-state index in [1.807, 2.05) is 13.0 Å². The van der Waals surface area contributed by atoms with Gasteiger partial charge < -0.3 is 9.64 Å². The second-order valence-corrected chi connectivity index (χ2v) is 6.25. The van der Waals surface area contributed by atoms with E-state index >= 15 is 0 Å². The Morgan fingerprint density at radius 3 is 2.73 bits per heavy atom. The Morgan fingerprint density at radius 1 is 1.27 bits per heavy atom. The van der Waals surface area contributed by atoms with E-state index in [4.69, 9.17) is 4.74 Å². The maximum absolute atomic E-state index is 14.4. The summed E-state index contributed by atoms with van der Waals surface area (Å²) >= 11 is 0. The van der Waals surface area contributed by atoms with E-state index in [0.29, 0.717) is 22.6 Å². The Labute approximate surface area is 152 Å². The van der Waals surface area contributed by atoms with Crippen molar-refractivity contribution in [2.24, 2.45) is 5.10 Å². The zero-order chi connectivity index (χ0) is 18.5. The van der Waals surface area contributed by atoms with Crippen molar-refractivity contribution in [1.82, 2.24) is 5.43 Å². The summed E-state index contributed by atoms with van der Waals surface area (Å²) in [5.41, 5.74) is 5.02.